The molecule has 162 valence electrons. The van der Waals surface area contributed by atoms with Gasteiger partial charge in [0.25, 0.3) is 0 Å². The Labute approximate surface area is 187 Å². The fourth-order valence-corrected chi connectivity index (χ4v) is 4.66. The van der Waals surface area contributed by atoms with Crippen molar-refractivity contribution in [1.82, 2.24) is 15.0 Å². The van der Waals surface area contributed by atoms with E-state index in [-0.39, 0.29) is 5.78 Å². The smallest absolute Gasteiger partial charge is 0.228 e. The van der Waals surface area contributed by atoms with Crippen LogP contribution in [-0.2, 0) is 0 Å². The number of ether oxygens (including phenoxy) is 1. The van der Waals surface area contributed by atoms with E-state index in [0.717, 1.165) is 17.0 Å². The molecule has 0 radical (unpaired) electrons. The van der Waals surface area contributed by atoms with Gasteiger partial charge in [0.15, 0.2) is 5.82 Å². The minimum Gasteiger partial charge on any atom is -0.439 e. The Kier molecular flexibility index (Phi) is 5.71. The molecule has 1 aliphatic carbocycles. The molecule has 5 heteroatoms. The number of pyridine rings is 1. The van der Waals surface area contributed by atoms with E-state index in [9.17, 15) is 4.79 Å². The molecule has 5 rings (SSSR count). The van der Waals surface area contributed by atoms with Gasteiger partial charge in [-0.2, -0.15) is 0 Å². The lowest BCUT2D eigenvalue weighted by Gasteiger charge is -2.28. The average molecular weight is 426 g/mol. The van der Waals surface area contributed by atoms with Gasteiger partial charge in [-0.25, -0.2) is 9.97 Å². The van der Waals surface area contributed by atoms with Gasteiger partial charge >= 0.3 is 0 Å². The van der Waals surface area contributed by atoms with Crippen LogP contribution in [-0.4, -0.2) is 20.7 Å². The third-order valence-corrected chi connectivity index (χ3v) is 6.60. The van der Waals surface area contributed by atoms with Crippen LogP contribution in [0.2, 0.25) is 0 Å². The Morgan fingerprint density at radius 1 is 1.00 bits per heavy atom. The van der Waals surface area contributed by atoms with Gasteiger partial charge in [0.2, 0.25) is 11.7 Å². The van der Waals surface area contributed by atoms with Crippen molar-refractivity contribution >= 4 is 16.8 Å². The number of ketones is 1. The predicted molar refractivity (Wildman–Crippen MR) is 125 cm³/mol. The second kappa shape index (κ2) is 8.95. The first-order chi connectivity index (χ1) is 15.7. The number of nitrogens with one attached hydrogen (secondary N) is 1. The fourth-order valence-electron chi connectivity index (χ4n) is 4.66. The summed E-state index contributed by atoms with van der Waals surface area (Å²) in [6.07, 6.45) is 7.96. The number of nitrogens with zero attached hydrogens (tertiary/aromatic N) is 2. The molecular formula is C27H27N3O2. The first kappa shape index (κ1) is 20.4. The highest BCUT2D eigenvalue weighted by atomic mass is 16.5. The van der Waals surface area contributed by atoms with Crippen molar-refractivity contribution in [3.05, 3.63) is 83.8 Å². The molecule has 0 aliphatic heterocycles. The standard InChI is InChI=1S/C27H27N3O2/c1-2-18-9-11-19(12-10-18)22-6-5-17-28-27(22)32-21-15-13-20(14-16-21)25(31)26-29-23-7-3-4-8-24(23)30-26/h3-8,13-19H,2,9-12H2,1H3,(H,29,30)/t18-,19+. The van der Waals surface area contributed by atoms with E-state index in [2.05, 4.69) is 27.9 Å². The van der Waals surface area contributed by atoms with E-state index in [1.807, 2.05) is 42.5 Å². The number of para-hydroxylation sites is 2. The molecule has 4 aromatic rings. The zero-order chi connectivity index (χ0) is 21.9. The van der Waals surface area contributed by atoms with Gasteiger partial charge in [0.1, 0.15) is 5.75 Å². The molecule has 1 aliphatic rings. The molecule has 32 heavy (non-hydrogen) atoms. The highest BCUT2D eigenvalue weighted by Gasteiger charge is 2.24. The van der Waals surface area contributed by atoms with Crippen molar-refractivity contribution < 1.29 is 9.53 Å². The Balaban J connectivity index is 1.31. The summed E-state index contributed by atoms with van der Waals surface area (Å²) in [4.78, 5) is 24.9. The summed E-state index contributed by atoms with van der Waals surface area (Å²) in [5.74, 6) is 2.89. The molecule has 0 bridgehead atoms. The van der Waals surface area contributed by atoms with E-state index < -0.39 is 0 Å². The summed E-state index contributed by atoms with van der Waals surface area (Å²) in [7, 11) is 0. The lowest BCUT2D eigenvalue weighted by atomic mass is 9.78. The summed E-state index contributed by atoms with van der Waals surface area (Å²) < 4.78 is 6.16. The maximum atomic E-state index is 12.9. The Morgan fingerprint density at radius 2 is 1.78 bits per heavy atom. The van der Waals surface area contributed by atoms with Crippen molar-refractivity contribution in [3.8, 4) is 11.6 Å². The predicted octanol–water partition coefficient (Wildman–Crippen LogP) is 6.67. The number of carbonyl (C=O) groups is 1. The Morgan fingerprint density at radius 3 is 2.53 bits per heavy atom. The van der Waals surface area contributed by atoms with Gasteiger partial charge < -0.3 is 9.72 Å². The summed E-state index contributed by atoms with van der Waals surface area (Å²) in [6, 6.07) is 19.0. The highest BCUT2D eigenvalue weighted by Crippen LogP contribution is 2.40. The summed E-state index contributed by atoms with van der Waals surface area (Å²) in [5.41, 5.74) is 3.39. The number of benzene rings is 2. The number of hydrogen-bond acceptors (Lipinski definition) is 4. The third-order valence-electron chi connectivity index (χ3n) is 6.60. The van der Waals surface area contributed by atoms with Crippen molar-refractivity contribution in [3.63, 3.8) is 0 Å². The normalized spacial score (nSPS) is 18.5. The largest absolute Gasteiger partial charge is 0.439 e. The molecular weight excluding hydrogens is 398 g/mol. The SMILES string of the molecule is CC[C@H]1CC[C@@H](c2cccnc2Oc2ccc(C(=O)c3nc4ccccc4[nH]3)cc2)CC1. The van der Waals surface area contributed by atoms with E-state index in [4.69, 9.17) is 4.74 Å². The minimum absolute atomic E-state index is 0.140. The first-order valence-corrected chi connectivity index (χ1v) is 11.4. The Bertz CT molecular complexity index is 1190. The van der Waals surface area contributed by atoms with E-state index in [1.165, 1.54) is 37.7 Å². The quantitative estimate of drug-likeness (QED) is 0.351. The summed E-state index contributed by atoms with van der Waals surface area (Å²) in [5, 5.41) is 0. The van der Waals surface area contributed by atoms with E-state index >= 15 is 0 Å². The molecule has 1 fully saturated rings. The van der Waals surface area contributed by atoms with Gasteiger partial charge in [0.05, 0.1) is 11.0 Å². The molecule has 0 atom stereocenters. The number of rotatable bonds is 6. The molecule has 0 unspecified atom stereocenters. The molecule has 2 aromatic carbocycles. The number of fused-ring (bicyclic) bond motifs is 1. The monoisotopic (exact) mass is 425 g/mol. The topological polar surface area (TPSA) is 67.9 Å². The molecule has 2 heterocycles. The van der Waals surface area contributed by atoms with Crippen molar-refractivity contribution in [2.75, 3.05) is 0 Å². The molecule has 0 amide bonds. The van der Waals surface area contributed by atoms with Crippen molar-refractivity contribution in [2.45, 2.75) is 44.9 Å². The van der Waals surface area contributed by atoms with Crippen LogP contribution in [0.1, 0.15) is 66.7 Å². The number of hydrogen-bond donors (Lipinski definition) is 1. The van der Waals surface area contributed by atoms with Crippen LogP contribution in [0.4, 0.5) is 0 Å². The average Bonchev–Trinajstić information content (AvgIpc) is 3.29. The maximum Gasteiger partial charge on any atom is 0.228 e. The zero-order valence-electron chi connectivity index (χ0n) is 18.3. The lowest BCUT2D eigenvalue weighted by Crippen LogP contribution is -2.13. The molecule has 0 saturated heterocycles. The zero-order valence-corrected chi connectivity index (χ0v) is 18.3. The molecule has 1 saturated carbocycles. The molecule has 5 nitrogen and oxygen atoms in total. The van der Waals surface area contributed by atoms with Crippen molar-refractivity contribution in [1.29, 1.82) is 0 Å². The summed E-state index contributed by atoms with van der Waals surface area (Å²) >= 11 is 0. The van der Waals surface area contributed by atoms with Gasteiger partial charge in [-0.3, -0.25) is 4.79 Å². The van der Waals surface area contributed by atoms with Gasteiger partial charge in [-0.1, -0.05) is 31.5 Å². The van der Waals surface area contributed by atoms with Crippen LogP contribution in [0.25, 0.3) is 11.0 Å². The number of carbonyl (C=O) groups excluding carboxylic acids is 1. The number of imidazole rings is 1. The second-order valence-corrected chi connectivity index (χ2v) is 8.58. The van der Waals surface area contributed by atoms with Gasteiger partial charge in [-0.05, 0) is 80.0 Å². The van der Waals surface area contributed by atoms with Crippen LogP contribution in [0.5, 0.6) is 11.6 Å². The summed E-state index contributed by atoms with van der Waals surface area (Å²) in [6.45, 7) is 2.28. The van der Waals surface area contributed by atoms with Crippen molar-refractivity contribution in [2.24, 2.45) is 5.92 Å². The molecule has 0 spiro atoms. The van der Waals surface area contributed by atoms with Gasteiger partial charge in [-0.15, -0.1) is 0 Å². The van der Waals surface area contributed by atoms with Crippen LogP contribution in [0, 0.1) is 5.92 Å². The third kappa shape index (κ3) is 4.15. The number of aromatic amines is 1. The van der Waals surface area contributed by atoms with Crippen LogP contribution in [0.15, 0.2) is 66.9 Å². The van der Waals surface area contributed by atoms with Crippen LogP contribution < -0.4 is 4.74 Å². The Hall–Kier alpha value is -3.47. The van der Waals surface area contributed by atoms with E-state index in [1.54, 1.807) is 18.3 Å². The van der Waals surface area contributed by atoms with Gasteiger partial charge in [0, 0.05) is 17.3 Å². The van der Waals surface area contributed by atoms with Crippen LogP contribution >= 0.6 is 0 Å². The fraction of sp³-hybridized carbons (Fsp3) is 0.296. The molecule has 1 N–H and O–H groups in total. The lowest BCUT2D eigenvalue weighted by molar-refractivity contribution is 0.103. The number of H-pyrrole nitrogens is 1. The highest BCUT2D eigenvalue weighted by molar-refractivity contribution is 6.08. The number of aromatic nitrogens is 3. The second-order valence-electron chi connectivity index (χ2n) is 8.58. The van der Waals surface area contributed by atoms with Crippen LogP contribution in [0.3, 0.4) is 0 Å². The van der Waals surface area contributed by atoms with E-state index in [0.29, 0.717) is 28.9 Å². The molecule has 2 aromatic heterocycles. The first-order valence-electron chi connectivity index (χ1n) is 11.4. The minimum atomic E-state index is -0.140. The maximum absolute atomic E-state index is 12.9.